The van der Waals surface area contributed by atoms with E-state index in [2.05, 4.69) is 4.72 Å². The second kappa shape index (κ2) is 7.54. The van der Waals surface area contributed by atoms with Crippen molar-refractivity contribution in [2.75, 3.05) is 6.54 Å². The first-order valence-electron chi connectivity index (χ1n) is 6.88. The molecule has 0 spiro atoms. The zero-order valence-electron chi connectivity index (χ0n) is 12.1. The molecular formula is C15H15ClN2O4S. The van der Waals surface area contributed by atoms with Gasteiger partial charge in [-0.05, 0) is 36.6 Å². The second-order valence-electron chi connectivity index (χ2n) is 4.85. The van der Waals surface area contributed by atoms with Crippen LogP contribution in [0.5, 0.6) is 0 Å². The van der Waals surface area contributed by atoms with Crippen LogP contribution in [0.3, 0.4) is 0 Å². The highest BCUT2D eigenvalue weighted by Gasteiger charge is 2.24. The van der Waals surface area contributed by atoms with E-state index in [4.69, 9.17) is 11.6 Å². The van der Waals surface area contributed by atoms with Crippen molar-refractivity contribution in [1.82, 2.24) is 4.72 Å². The molecule has 122 valence electrons. The van der Waals surface area contributed by atoms with Crippen LogP contribution in [-0.2, 0) is 16.4 Å². The molecule has 0 amide bonds. The van der Waals surface area contributed by atoms with E-state index in [1.165, 1.54) is 24.3 Å². The zero-order valence-corrected chi connectivity index (χ0v) is 13.7. The van der Waals surface area contributed by atoms with Crippen LogP contribution in [0.2, 0.25) is 5.02 Å². The number of nitro groups is 1. The fourth-order valence-electron chi connectivity index (χ4n) is 2.06. The molecule has 0 aliphatic carbocycles. The van der Waals surface area contributed by atoms with Gasteiger partial charge in [-0.25, -0.2) is 13.1 Å². The summed E-state index contributed by atoms with van der Waals surface area (Å²) in [5, 5.41) is 11.6. The van der Waals surface area contributed by atoms with Crippen LogP contribution in [-0.4, -0.2) is 19.9 Å². The van der Waals surface area contributed by atoms with Crippen LogP contribution >= 0.6 is 11.6 Å². The molecule has 0 radical (unpaired) electrons. The lowest BCUT2D eigenvalue weighted by Gasteiger charge is -2.07. The summed E-state index contributed by atoms with van der Waals surface area (Å²) in [6, 6.07) is 12.6. The Kier molecular flexibility index (Phi) is 5.70. The van der Waals surface area contributed by atoms with Gasteiger partial charge >= 0.3 is 0 Å². The van der Waals surface area contributed by atoms with Crippen molar-refractivity contribution >= 4 is 27.3 Å². The summed E-state index contributed by atoms with van der Waals surface area (Å²) in [7, 11) is -3.91. The minimum atomic E-state index is -3.91. The Balaban J connectivity index is 1.97. The molecule has 0 atom stereocenters. The van der Waals surface area contributed by atoms with Gasteiger partial charge in [0.1, 0.15) is 0 Å². The smallest absolute Gasteiger partial charge is 0.258 e. The predicted molar refractivity (Wildman–Crippen MR) is 88.1 cm³/mol. The first kappa shape index (κ1) is 17.4. The second-order valence-corrected chi connectivity index (χ2v) is 7.02. The molecule has 0 fully saturated rings. The van der Waals surface area contributed by atoms with Crippen LogP contribution in [0.15, 0.2) is 53.4 Å². The number of sulfonamides is 1. The zero-order chi connectivity index (χ0) is 16.9. The molecule has 2 aromatic carbocycles. The summed E-state index contributed by atoms with van der Waals surface area (Å²) in [6.07, 6.45) is 1.25. The largest absolute Gasteiger partial charge is 0.289 e. The number of benzene rings is 2. The molecule has 0 aromatic heterocycles. The molecule has 8 heteroatoms. The van der Waals surface area contributed by atoms with E-state index < -0.39 is 20.6 Å². The average molecular weight is 355 g/mol. The molecule has 1 N–H and O–H groups in total. The Hall–Kier alpha value is -1.96. The van der Waals surface area contributed by atoms with Crippen molar-refractivity contribution in [2.24, 2.45) is 0 Å². The van der Waals surface area contributed by atoms with Crippen LogP contribution < -0.4 is 4.72 Å². The van der Waals surface area contributed by atoms with Gasteiger partial charge in [0.15, 0.2) is 4.90 Å². The number of para-hydroxylation sites is 1. The van der Waals surface area contributed by atoms with E-state index in [1.807, 2.05) is 12.1 Å². The number of nitrogens with zero attached hydrogens (tertiary/aromatic N) is 1. The number of hydrogen-bond donors (Lipinski definition) is 1. The third-order valence-corrected chi connectivity index (χ3v) is 4.96. The lowest BCUT2D eigenvalue weighted by Crippen LogP contribution is -2.25. The number of aryl methyl sites for hydroxylation is 1. The van der Waals surface area contributed by atoms with E-state index in [-0.39, 0.29) is 11.4 Å². The molecule has 0 saturated carbocycles. The van der Waals surface area contributed by atoms with Gasteiger partial charge in [-0.2, -0.15) is 0 Å². The summed E-state index contributed by atoms with van der Waals surface area (Å²) in [6.45, 7) is 0.191. The van der Waals surface area contributed by atoms with Crippen molar-refractivity contribution in [3.8, 4) is 0 Å². The van der Waals surface area contributed by atoms with Gasteiger partial charge in [0, 0.05) is 17.6 Å². The monoisotopic (exact) mass is 354 g/mol. The summed E-state index contributed by atoms with van der Waals surface area (Å²) in [5.74, 6) is 0. The lowest BCUT2D eigenvalue weighted by atomic mass is 10.1. The first-order valence-corrected chi connectivity index (χ1v) is 8.74. The number of halogens is 1. The molecule has 0 heterocycles. The third-order valence-electron chi connectivity index (χ3n) is 3.20. The van der Waals surface area contributed by atoms with Gasteiger partial charge in [-0.1, -0.05) is 35.9 Å². The summed E-state index contributed by atoms with van der Waals surface area (Å²) < 4.78 is 26.8. The van der Waals surface area contributed by atoms with Crippen molar-refractivity contribution in [1.29, 1.82) is 0 Å². The van der Waals surface area contributed by atoms with E-state index >= 15 is 0 Å². The number of nitrogens with one attached hydrogen (secondary N) is 1. The minimum absolute atomic E-state index is 0.191. The fourth-order valence-corrected chi connectivity index (χ4v) is 3.43. The molecule has 2 aromatic rings. The third kappa shape index (κ3) is 4.75. The normalized spacial score (nSPS) is 11.3. The highest BCUT2D eigenvalue weighted by Crippen LogP contribution is 2.22. The standard InChI is InChI=1S/C15H15ClN2O4S/c16-13-9-7-12(8-10-13)4-3-11-17-23(21,22)15-6-2-1-5-14(15)18(19)20/h1-2,5-10,17H,3-4,11H2. The number of hydrogen-bond acceptors (Lipinski definition) is 4. The fraction of sp³-hybridized carbons (Fsp3) is 0.200. The molecule has 23 heavy (non-hydrogen) atoms. The van der Waals surface area contributed by atoms with Crippen molar-refractivity contribution in [3.63, 3.8) is 0 Å². The molecule has 0 bridgehead atoms. The molecular weight excluding hydrogens is 340 g/mol. The van der Waals surface area contributed by atoms with Gasteiger partial charge in [-0.15, -0.1) is 0 Å². The topological polar surface area (TPSA) is 89.3 Å². The average Bonchev–Trinajstić information content (AvgIpc) is 2.53. The van der Waals surface area contributed by atoms with Gasteiger partial charge in [0.25, 0.3) is 5.69 Å². The van der Waals surface area contributed by atoms with E-state index in [0.717, 1.165) is 5.56 Å². The maximum atomic E-state index is 12.2. The Morgan fingerprint density at radius 3 is 2.39 bits per heavy atom. The van der Waals surface area contributed by atoms with E-state index in [0.29, 0.717) is 17.9 Å². The quantitative estimate of drug-likeness (QED) is 0.470. The van der Waals surface area contributed by atoms with Gasteiger partial charge in [0.2, 0.25) is 10.0 Å². The maximum Gasteiger partial charge on any atom is 0.289 e. The minimum Gasteiger partial charge on any atom is -0.258 e. The van der Waals surface area contributed by atoms with Gasteiger partial charge in [0.05, 0.1) is 4.92 Å². The molecule has 0 aliphatic rings. The van der Waals surface area contributed by atoms with Crippen LogP contribution in [0.25, 0.3) is 0 Å². The van der Waals surface area contributed by atoms with Crippen LogP contribution in [0.4, 0.5) is 5.69 Å². The number of nitro benzene ring substituents is 1. The molecule has 0 unspecified atom stereocenters. The van der Waals surface area contributed by atoms with Crippen LogP contribution in [0, 0.1) is 10.1 Å². The molecule has 0 saturated heterocycles. The number of rotatable bonds is 7. The molecule has 6 nitrogen and oxygen atoms in total. The van der Waals surface area contributed by atoms with E-state index in [1.54, 1.807) is 12.1 Å². The Bertz CT molecular complexity index is 791. The highest BCUT2D eigenvalue weighted by atomic mass is 35.5. The molecule has 2 rings (SSSR count). The summed E-state index contributed by atoms with van der Waals surface area (Å²) >= 11 is 5.79. The van der Waals surface area contributed by atoms with Crippen molar-refractivity contribution < 1.29 is 13.3 Å². The summed E-state index contributed by atoms with van der Waals surface area (Å²) in [4.78, 5) is 9.88. The Labute approximate surface area is 139 Å². The summed E-state index contributed by atoms with van der Waals surface area (Å²) in [5.41, 5.74) is 0.608. The van der Waals surface area contributed by atoms with E-state index in [9.17, 15) is 18.5 Å². The maximum absolute atomic E-state index is 12.2. The van der Waals surface area contributed by atoms with Crippen molar-refractivity contribution in [2.45, 2.75) is 17.7 Å². The van der Waals surface area contributed by atoms with Gasteiger partial charge in [-0.3, -0.25) is 10.1 Å². The lowest BCUT2D eigenvalue weighted by molar-refractivity contribution is -0.387. The van der Waals surface area contributed by atoms with Crippen molar-refractivity contribution in [3.05, 3.63) is 69.2 Å². The first-order chi connectivity index (χ1) is 10.9. The Morgan fingerprint density at radius 1 is 1.09 bits per heavy atom. The SMILES string of the molecule is O=[N+]([O-])c1ccccc1S(=O)(=O)NCCCc1ccc(Cl)cc1. The Morgan fingerprint density at radius 2 is 1.74 bits per heavy atom. The van der Waals surface area contributed by atoms with Crippen LogP contribution in [0.1, 0.15) is 12.0 Å². The predicted octanol–water partition coefficient (Wildman–Crippen LogP) is 3.16. The molecule has 0 aliphatic heterocycles. The van der Waals surface area contributed by atoms with Gasteiger partial charge < -0.3 is 0 Å². The highest BCUT2D eigenvalue weighted by molar-refractivity contribution is 7.89.